The Morgan fingerprint density at radius 1 is 1.26 bits per heavy atom. The Labute approximate surface area is 155 Å². The summed E-state index contributed by atoms with van der Waals surface area (Å²) in [5.74, 6) is 0.00602. The molecular weight excluding hydrogens is 340 g/mol. The zero-order chi connectivity index (χ0) is 19.0. The number of benzene rings is 1. The number of amides is 1. The molecule has 1 aromatic carbocycles. The van der Waals surface area contributed by atoms with Crippen molar-refractivity contribution in [3.05, 3.63) is 48.2 Å². The molecule has 0 radical (unpaired) electrons. The van der Waals surface area contributed by atoms with Gasteiger partial charge in [0, 0.05) is 17.1 Å². The Kier molecular flexibility index (Phi) is 3.91. The Bertz CT molecular complexity index is 1160. The number of pyridine rings is 2. The molecule has 3 N–H and O–H groups in total. The van der Waals surface area contributed by atoms with Crippen molar-refractivity contribution >= 4 is 28.3 Å². The molecule has 3 aromatic rings. The molecule has 1 unspecified atom stereocenters. The van der Waals surface area contributed by atoms with Crippen molar-refractivity contribution in [2.45, 2.75) is 6.42 Å². The molecule has 1 fully saturated rings. The van der Waals surface area contributed by atoms with Crippen LogP contribution in [0.25, 0.3) is 22.0 Å². The third kappa shape index (κ3) is 3.03. The van der Waals surface area contributed by atoms with E-state index >= 15 is 0 Å². The molecule has 7 nitrogen and oxygen atoms in total. The number of rotatable bonds is 3. The first-order valence-corrected chi connectivity index (χ1v) is 8.37. The molecule has 1 saturated carbocycles. The van der Waals surface area contributed by atoms with Crippen molar-refractivity contribution in [3.8, 4) is 23.4 Å². The second-order valence-electron chi connectivity index (χ2n) is 6.41. The number of nitrogens with one attached hydrogen (secondary N) is 1. The minimum atomic E-state index is -0.270. The summed E-state index contributed by atoms with van der Waals surface area (Å²) in [5, 5.41) is 22.3. The van der Waals surface area contributed by atoms with Crippen molar-refractivity contribution in [3.63, 3.8) is 0 Å². The molecular formula is C20H14N6O. The fourth-order valence-corrected chi connectivity index (χ4v) is 3.03. The minimum Gasteiger partial charge on any atom is -0.383 e. The van der Waals surface area contributed by atoms with Gasteiger partial charge in [-0.2, -0.15) is 10.5 Å². The van der Waals surface area contributed by atoms with Gasteiger partial charge < -0.3 is 11.1 Å². The number of carbonyl (C=O) groups excluding carboxylic acids is 1. The second kappa shape index (κ2) is 6.40. The van der Waals surface area contributed by atoms with Crippen LogP contribution in [0, 0.1) is 34.5 Å². The molecule has 0 bridgehead atoms. The van der Waals surface area contributed by atoms with E-state index in [2.05, 4.69) is 27.4 Å². The highest BCUT2D eigenvalue weighted by molar-refractivity contribution is 5.98. The minimum absolute atomic E-state index is 0.203. The third-order valence-corrected chi connectivity index (χ3v) is 4.61. The van der Waals surface area contributed by atoms with Gasteiger partial charge in [-0.05, 0) is 30.0 Å². The van der Waals surface area contributed by atoms with Gasteiger partial charge in [0.05, 0.1) is 35.2 Å². The molecule has 2 atom stereocenters. The summed E-state index contributed by atoms with van der Waals surface area (Å²) in [5.41, 5.74) is 7.84. The van der Waals surface area contributed by atoms with Crippen LogP contribution in [0.2, 0.25) is 0 Å². The van der Waals surface area contributed by atoms with Crippen LogP contribution in [0.3, 0.4) is 0 Å². The quantitative estimate of drug-likeness (QED) is 0.744. The highest BCUT2D eigenvalue weighted by Crippen LogP contribution is 2.38. The van der Waals surface area contributed by atoms with Gasteiger partial charge in [-0.15, -0.1) is 0 Å². The number of fused-ring (bicyclic) bond motifs is 1. The van der Waals surface area contributed by atoms with Gasteiger partial charge in [0.15, 0.2) is 0 Å². The molecule has 0 spiro atoms. The highest BCUT2D eigenvalue weighted by atomic mass is 16.2. The SMILES string of the molecule is N#Cc1ccccc1-c1cc2cc(NC(=O)[C@H]3CC3C#N)ncc2c(N)n1. The summed E-state index contributed by atoms with van der Waals surface area (Å²) in [6, 6.07) is 14.9. The zero-order valence-electron chi connectivity index (χ0n) is 14.2. The first-order valence-electron chi connectivity index (χ1n) is 8.37. The normalized spacial score (nSPS) is 17.7. The largest absolute Gasteiger partial charge is 0.383 e. The fourth-order valence-electron chi connectivity index (χ4n) is 3.03. The topological polar surface area (TPSA) is 128 Å². The van der Waals surface area contributed by atoms with Crippen molar-refractivity contribution in [2.75, 3.05) is 11.1 Å². The number of nitrogen functional groups attached to an aromatic ring is 1. The maximum atomic E-state index is 12.1. The molecule has 7 heteroatoms. The molecule has 4 rings (SSSR count). The number of nitrogens with zero attached hydrogens (tertiary/aromatic N) is 4. The summed E-state index contributed by atoms with van der Waals surface area (Å²) in [6.07, 6.45) is 2.14. The van der Waals surface area contributed by atoms with Gasteiger partial charge in [-0.25, -0.2) is 9.97 Å². The van der Waals surface area contributed by atoms with Crippen LogP contribution in [0.15, 0.2) is 42.6 Å². The first kappa shape index (κ1) is 16.5. The van der Waals surface area contributed by atoms with E-state index in [1.54, 1.807) is 24.4 Å². The van der Waals surface area contributed by atoms with Crippen LogP contribution < -0.4 is 11.1 Å². The summed E-state index contributed by atoms with van der Waals surface area (Å²) in [6.45, 7) is 0. The Morgan fingerprint density at radius 3 is 2.81 bits per heavy atom. The van der Waals surface area contributed by atoms with Crippen molar-refractivity contribution in [2.24, 2.45) is 11.8 Å². The van der Waals surface area contributed by atoms with E-state index in [1.807, 2.05) is 18.2 Å². The lowest BCUT2D eigenvalue weighted by Gasteiger charge is -2.09. The third-order valence-electron chi connectivity index (χ3n) is 4.61. The highest BCUT2D eigenvalue weighted by Gasteiger charge is 2.43. The maximum absolute atomic E-state index is 12.1. The van der Waals surface area contributed by atoms with Gasteiger partial charge in [0.2, 0.25) is 5.91 Å². The van der Waals surface area contributed by atoms with E-state index in [0.29, 0.717) is 40.3 Å². The van der Waals surface area contributed by atoms with Gasteiger partial charge in [0.1, 0.15) is 11.6 Å². The molecule has 2 aromatic heterocycles. The number of nitriles is 2. The van der Waals surface area contributed by atoms with Gasteiger partial charge in [-0.3, -0.25) is 4.79 Å². The lowest BCUT2D eigenvalue weighted by atomic mass is 10.0. The maximum Gasteiger partial charge on any atom is 0.230 e. The molecule has 2 heterocycles. The number of nitrogens with two attached hydrogens (primary N) is 1. The van der Waals surface area contributed by atoms with E-state index < -0.39 is 0 Å². The Hall–Kier alpha value is -3.97. The van der Waals surface area contributed by atoms with Crippen molar-refractivity contribution in [1.82, 2.24) is 9.97 Å². The number of aromatic nitrogens is 2. The second-order valence-corrected chi connectivity index (χ2v) is 6.41. The van der Waals surface area contributed by atoms with E-state index in [-0.39, 0.29) is 17.7 Å². The van der Waals surface area contributed by atoms with Crippen LogP contribution in [0.1, 0.15) is 12.0 Å². The van der Waals surface area contributed by atoms with E-state index in [0.717, 1.165) is 5.39 Å². The van der Waals surface area contributed by atoms with Crippen LogP contribution in [0.5, 0.6) is 0 Å². The van der Waals surface area contributed by atoms with Crippen LogP contribution in [-0.4, -0.2) is 15.9 Å². The zero-order valence-corrected chi connectivity index (χ0v) is 14.2. The molecule has 1 aliphatic carbocycles. The molecule has 130 valence electrons. The summed E-state index contributed by atoms with van der Waals surface area (Å²) >= 11 is 0. The van der Waals surface area contributed by atoms with Crippen LogP contribution >= 0.6 is 0 Å². The monoisotopic (exact) mass is 354 g/mol. The average molecular weight is 354 g/mol. The summed E-state index contributed by atoms with van der Waals surface area (Å²) < 4.78 is 0. The lowest BCUT2D eigenvalue weighted by Crippen LogP contribution is -2.15. The van der Waals surface area contributed by atoms with Gasteiger partial charge >= 0.3 is 0 Å². The summed E-state index contributed by atoms with van der Waals surface area (Å²) in [7, 11) is 0. The fraction of sp³-hybridized carbons (Fsp3) is 0.150. The van der Waals surface area contributed by atoms with E-state index in [9.17, 15) is 10.1 Å². The number of hydrogen-bond acceptors (Lipinski definition) is 6. The first-order chi connectivity index (χ1) is 13.1. The average Bonchev–Trinajstić information content (AvgIpc) is 3.47. The number of anilines is 2. The smallest absolute Gasteiger partial charge is 0.230 e. The predicted molar refractivity (Wildman–Crippen MR) is 99.9 cm³/mol. The predicted octanol–water partition coefficient (Wildman–Crippen LogP) is 2.85. The number of hydrogen-bond donors (Lipinski definition) is 2. The van der Waals surface area contributed by atoms with E-state index in [1.165, 1.54) is 0 Å². The van der Waals surface area contributed by atoms with Crippen LogP contribution in [-0.2, 0) is 4.79 Å². The molecule has 27 heavy (non-hydrogen) atoms. The Morgan fingerprint density at radius 2 is 2.07 bits per heavy atom. The Balaban J connectivity index is 1.72. The van der Waals surface area contributed by atoms with Crippen LogP contribution in [0.4, 0.5) is 11.6 Å². The van der Waals surface area contributed by atoms with Crippen molar-refractivity contribution < 1.29 is 4.79 Å². The summed E-state index contributed by atoms with van der Waals surface area (Å²) in [4.78, 5) is 20.8. The molecule has 1 amide bonds. The molecule has 0 saturated heterocycles. The standard InChI is InChI=1S/C20H14N6O/c21-8-11-3-1-2-4-14(11)17-6-12-7-18(24-10-16(12)19(23)25-17)26-20(27)15-5-13(15)9-22/h1-4,6-7,10,13,15H,5H2,(H2,23,25)(H,24,26,27)/t13?,15-/m0/s1. The van der Waals surface area contributed by atoms with Gasteiger partial charge in [0.25, 0.3) is 0 Å². The lowest BCUT2D eigenvalue weighted by molar-refractivity contribution is -0.117. The van der Waals surface area contributed by atoms with Crippen molar-refractivity contribution in [1.29, 1.82) is 10.5 Å². The molecule has 1 aliphatic rings. The molecule has 0 aliphatic heterocycles. The number of carbonyl (C=O) groups is 1. The van der Waals surface area contributed by atoms with Gasteiger partial charge in [-0.1, -0.05) is 18.2 Å². The van der Waals surface area contributed by atoms with E-state index in [4.69, 9.17) is 11.0 Å².